The molecule has 0 aliphatic heterocycles. The average Bonchev–Trinajstić information content (AvgIpc) is 2.53. The molecule has 2 aromatic rings. The Morgan fingerprint density at radius 1 is 1.24 bits per heavy atom. The van der Waals surface area contributed by atoms with E-state index in [0.717, 1.165) is 23.2 Å². The smallest absolute Gasteiger partial charge is 0.269 e. The molecule has 0 amide bonds. The van der Waals surface area contributed by atoms with Crippen molar-refractivity contribution in [3.63, 3.8) is 0 Å². The number of nitrogens with one attached hydrogen (secondary N) is 1. The zero-order valence-corrected chi connectivity index (χ0v) is 11.8. The van der Waals surface area contributed by atoms with Crippen LogP contribution in [0.3, 0.4) is 0 Å². The molecule has 0 heterocycles. The third kappa shape index (κ3) is 3.58. The second-order valence-corrected chi connectivity index (χ2v) is 4.77. The van der Waals surface area contributed by atoms with Gasteiger partial charge in [0.1, 0.15) is 0 Å². The van der Waals surface area contributed by atoms with Crippen molar-refractivity contribution in [3.8, 4) is 0 Å². The molecule has 0 radical (unpaired) electrons. The third-order valence-corrected chi connectivity index (χ3v) is 3.41. The summed E-state index contributed by atoms with van der Waals surface area (Å²) < 4.78 is 0. The Kier molecular flexibility index (Phi) is 4.90. The number of benzene rings is 2. The maximum Gasteiger partial charge on any atom is 0.269 e. The predicted octanol–water partition coefficient (Wildman–Crippen LogP) is 3.65. The summed E-state index contributed by atoms with van der Waals surface area (Å²) in [7, 11) is 0. The van der Waals surface area contributed by atoms with E-state index in [1.165, 1.54) is 6.07 Å². The van der Waals surface area contributed by atoms with E-state index >= 15 is 0 Å². The first-order chi connectivity index (χ1) is 10.2. The molecular weight excluding hydrogens is 268 g/mol. The maximum atomic E-state index is 10.9. The van der Waals surface area contributed by atoms with Gasteiger partial charge in [-0.25, -0.2) is 0 Å². The molecule has 0 saturated heterocycles. The van der Waals surface area contributed by atoms with Crippen LogP contribution in [-0.4, -0.2) is 10.0 Å². The highest BCUT2D eigenvalue weighted by atomic mass is 16.6. The number of nitrogens with zero attached hydrogens (tertiary/aromatic N) is 1. The number of hydrogen-bond acceptors (Lipinski definition) is 4. The zero-order chi connectivity index (χ0) is 15.2. The van der Waals surface area contributed by atoms with Crippen molar-refractivity contribution in [2.75, 3.05) is 5.32 Å². The fourth-order valence-electron chi connectivity index (χ4n) is 2.26. The van der Waals surface area contributed by atoms with Gasteiger partial charge in [0, 0.05) is 23.4 Å². The topological polar surface area (TPSA) is 75.4 Å². The second-order valence-electron chi connectivity index (χ2n) is 4.77. The number of hydrogen-bond donors (Lipinski definition) is 2. The average molecular weight is 286 g/mol. The SMILES string of the molecule is CCC(Nc1ccccc1CO)c1cccc([N+](=O)[O-])c1. The highest BCUT2D eigenvalue weighted by molar-refractivity contribution is 5.53. The van der Waals surface area contributed by atoms with E-state index in [4.69, 9.17) is 0 Å². The van der Waals surface area contributed by atoms with Gasteiger partial charge in [0.25, 0.3) is 5.69 Å². The quantitative estimate of drug-likeness (QED) is 0.628. The summed E-state index contributed by atoms with van der Waals surface area (Å²) >= 11 is 0. The van der Waals surface area contributed by atoms with Gasteiger partial charge in [-0.1, -0.05) is 37.3 Å². The molecule has 1 atom stereocenters. The number of nitro benzene ring substituents is 1. The van der Waals surface area contributed by atoms with Gasteiger partial charge in [-0.05, 0) is 18.1 Å². The molecule has 0 spiro atoms. The van der Waals surface area contributed by atoms with Gasteiger partial charge in [-0.15, -0.1) is 0 Å². The number of aliphatic hydroxyl groups excluding tert-OH is 1. The molecular formula is C16H18N2O3. The van der Waals surface area contributed by atoms with Crippen LogP contribution in [0.1, 0.15) is 30.5 Å². The van der Waals surface area contributed by atoms with E-state index in [9.17, 15) is 15.2 Å². The molecule has 2 N–H and O–H groups in total. The van der Waals surface area contributed by atoms with Crippen LogP contribution >= 0.6 is 0 Å². The van der Waals surface area contributed by atoms with Crippen LogP contribution in [0, 0.1) is 10.1 Å². The van der Waals surface area contributed by atoms with Crippen molar-refractivity contribution in [1.29, 1.82) is 0 Å². The lowest BCUT2D eigenvalue weighted by Gasteiger charge is -2.20. The third-order valence-electron chi connectivity index (χ3n) is 3.41. The molecule has 21 heavy (non-hydrogen) atoms. The first kappa shape index (κ1) is 15.0. The van der Waals surface area contributed by atoms with Gasteiger partial charge in [0.2, 0.25) is 0 Å². The maximum absolute atomic E-state index is 10.9. The van der Waals surface area contributed by atoms with E-state index in [0.29, 0.717) is 0 Å². The largest absolute Gasteiger partial charge is 0.392 e. The number of anilines is 1. The first-order valence-corrected chi connectivity index (χ1v) is 6.85. The van der Waals surface area contributed by atoms with Crippen LogP contribution in [0.5, 0.6) is 0 Å². The normalized spacial score (nSPS) is 11.9. The van der Waals surface area contributed by atoms with Crippen molar-refractivity contribution in [3.05, 3.63) is 69.8 Å². The molecule has 0 aliphatic carbocycles. The minimum Gasteiger partial charge on any atom is -0.392 e. The monoisotopic (exact) mass is 286 g/mol. The Morgan fingerprint density at radius 3 is 2.67 bits per heavy atom. The van der Waals surface area contributed by atoms with Crippen LogP contribution in [0.15, 0.2) is 48.5 Å². The van der Waals surface area contributed by atoms with Crippen molar-refractivity contribution in [2.45, 2.75) is 26.0 Å². The first-order valence-electron chi connectivity index (χ1n) is 6.85. The molecule has 2 rings (SSSR count). The van der Waals surface area contributed by atoms with Crippen LogP contribution in [0.25, 0.3) is 0 Å². The molecule has 0 saturated carbocycles. The summed E-state index contributed by atoms with van der Waals surface area (Å²) in [5, 5.41) is 23.6. The fraction of sp³-hybridized carbons (Fsp3) is 0.250. The van der Waals surface area contributed by atoms with E-state index in [1.807, 2.05) is 37.3 Å². The lowest BCUT2D eigenvalue weighted by molar-refractivity contribution is -0.384. The Balaban J connectivity index is 2.27. The second kappa shape index (κ2) is 6.85. The van der Waals surface area contributed by atoms with Crippen molar-refractivity contribution >= 4 is 11.4 Å². The molecule has 0 aromatic heterocycles. The summed E-state index contributed by atoms with van der Waals surface area (Å²) in [4.78, 5) is 10.5. The Hall–Kier alpha value is -2.40. The van der Waals surface area contributed by atoms with E-state index in [1.54, 1.807) is 12.1 Å². The molecule has 0 fully saturated rings. The molecule has 2 aromatic carbocycles. The number of nitro groups is 1. The highest BCUT2D eigenvalue weighted by Crippen LogP contribution is 2.27. The van der Waals surface area contributed by atoms with Crippen LogP contribution in [0.4, 0.5) is 11.4 Å². The highest BCUT2D eigenvalue weighted by Gasteiger charge is 2.14. The lowest BCUT2D eigenvalue weighted by Crippen LogP contribution is -2.11. The van der Waals surface area contributed by atoms with Crippen LogP contribution < -0.4 is 5.32 Å². The van der Waals surface area contributed by atoms with Gasteiger partial charge in [-0.3, -0.25) is 10.1 Å². The fourth-order valence-corrected chi connectivity index (χ4v) is 2.26. The molecule has 110 valence electrons. The lowest BCUT2D eigenvalue weighted by atomic mass is 10.0. The van der Waals surface area contributed by atoms with E-state index in [2.05, 4.69) is 5.32 Å². The summed E-state index contributed by atoms with van der Waals surface area (Å²) in [5.41, 5.74) is 2.60. The van der Waals surface area contributed by atoms with Crippen molar-refractivity contribution < 1.29 is 10.0 Å². The van der Waals surface area contributed by atoms with Gasteiger partial charge in [0.05, 0.1) is 17.6 Å². The molecule has 5 heteroatoms. The molecule has 0 bridgehead atoms. The van der Waals surface area contributed by atoms with Crippen molar-refractivity contribution in [2.24, 2.45) is 0 Å². The molecule has 5 nitrogen and oxygen atoms in total. The minimum atomic E-state index is -0.391. The molecule has 1 unspecified atom stereocenters. The van der Waals surface area contributed by atoms with Gasteiger partial charge >= 0.3 is 0 Å². The summed E-state index contributed by atoms with van der Waals surface area (Å²) in [6, 6.07) is 14.1. The van der Waals surface area contributed by atoms with Gasteiger partial charge < -0.3 is 10.4 Å². The summed E-state index contributed by atoms with van der Waals surface area (Å²) in [6.45, 7) is 1.96. The minimum absolute atomic E-state index is 0.0439. The van der Waals surface area contributed by atoms with E-state index < -0.39 is 4.92 Å². The Morgan fingerprint density at radius 2 is 2.00 bits per heavy atom. The standard InChI is InChI=1S/C16H18N2O3/c1-2-15(12-7-5-8-14(10-12)18(20)21)17-16-9-4-3-6-13(16)11-19/h3-10,15,17,19H,2,11H2,1H3. The number of aliphatic hydroxyl groups is 1. The van der Waals surface area contributed by atoms with Gasteiger partial charge in [0.15, 0.2) is 0 Å². The summed E-state index contributed by atoms with van der Waals surface area (Å²) in [6.07, 6.45) is 0.779. The number of rotatable bonds is 6. The van der Waals surface area contributed by atoms with Crippen LogP contribution in [-0.2, 0) is 6.61 Å². The van der Waals surface area contributed by atoms with Gasteiger partial charge in [-0.2, -0.15) is 0 Å². The zero-order valence-electron chi connectivity index (χ0n) is 11.8. The van der Waals surface area contributed by atoms with Crippen LogP contribution in [0.2, 0.25) is 0 Å². The number of non-ortho nitro benzene ring substituents is 1. The Labute approximate surface area is 123 Å². The Bertz CT molecular complexity index is 628. The predicted molar refractivity (Wildman–Crippen MR) is 82.1 cm³/mol. The molecule has 0 aliphatic rings. The number of para-hydroxylation sites is 1. The van der Waals surface area contributed by atoms with Crippen molar-refractivity contribution in [1.82, 2.24) is 0 Å². The summed E-state index contributed by atoms with van der Waals surface area (Å²) in [5.74, 6) is 0. The van der Waals surface area contributed by atoms with E-state index in [-0.39, 0.29) is 18.3 Å².